The third kappa shape index (κ3) is 6.85. The van der Waals surface area contributed by atoms with E-state index in [1.165, 1.54) is 0 Å². The van der Waals surface area contributed by atoms with Crippen LogP contribution in [-0.4, -0.2) is 112 Å². The second-order valence-corrected chi connectivity index (χ2v) is 13.2. The molecule has 2 aliphatic heterocycles. The van der Waals surface area contributed by atoms with Crippen LogP contribution in [0, 0.1) is 13.8 Å². The Morgan fingerprint density at radius 3 is 1.21 bits per heavy atom. The molecule has 0 amide bonds. The number of fused-ring (bicyclic) bond motifs is 2. The molecule has 2 fully saturated rings. The molecular formula is C34H44N16O2. The average Bonchev–Trinajstić information content (AvgIpc) is 3.68. The van der Waals surface area contributed by atoms with E-state index >= 15 is 0 Å². The highest BCUT2D eigenvalue weighted by Crippen LogP contribution is 2.31. The Morgan fingerprint density at radius 1 is 0.538 bits per heavy atom. The first kappa shape index (κ1) is 34.8. The number of aryl methyl sites for hydroxylation is 2. The van der Waals surface area contributed by atoms with E-state index in [1.54, 1.807) is 24.8 Å². The van der Waals surface area contributed by atoms with Crippen molar-refractivity contribution in [2.75, 3.05) is 73.9 Å². The van der Waals surface area contributed by atoms with Gasteiger partial charge in [0.1, 0.15) is 34.1 Å². The molecular weight excluding hydrogens is 664 g/mol. The standard InChI is InChI=1S/2C17H22N8O/c2*1-10(2)25-11(3)21-14-13(12-8-19-16(18)20-9-12)22-17(23-15(14)25)24-4-6-26-7-5-24/h2*8-10H,4-7H2,1-3H3,(H2,18,19,20). The van der Waals surface area contributed by atoms with Gasteiger partial charge in [-0.25, -0.2) is 39.9 Å². The summed E-state index contributed by atoms with van der Waals surface area (Å²) >= 11 is 0. The number of imidazole rings is 2. The molecule has 0 unspecified atom stereocenters. The lowest BCUT2D eigenvalue weighted by Gasteiger charge is -2.27. The molecule has 8 heterocycles. The zero-order chi connectivity index (χ0) is 36.5. The molecule has 6 aromatic heterocycles. The van der Waals surface area contributed by atoms with Crippen LogP contribution in [0.2, 0.25) is 0 Å². The zero-order valence-corrected chi connectivity index (χ0v) is 30.4. The Hall–Kier alpha value is -5.62. The Morgan fingerprint density at radius 2 is 0.885 bits per heavy atom. The number of anilines is 4. The maximum absolute atomic E-state index is 5.64. The number of hydrogen-bond acceptors (Lipinski definition) is 16. The maximum atomic E-state index is 5.64. The summed E-state index contributed by atoms with van der Waals surface area (Å²) in [5, 5.41) is 0. The van der Waals surface area contributed by atoms with Crippen LogP contribution < -0.4 is 21.3 Å². The summed E-state index contributed by atoms with van der Waals surface area (Å²) in [5.41, 5.74) is 17.4. The molecule has 0 radical (unpaired) electrons. The van der Waals surface area contributed by atoms with E-state index in [4.69, 9.17) is 50.8 Å². The molecule has 2 saturated heterocycles. The number of nitrogens with two attached hydrogens (primary N) is 2. The van der Waals surface area contributed by atoms with Crippen molar-refractivity contribution in [1.82, 2.24) is 59.0 Å². The molecule has 0 aliphatic carbocycles. The van der Waals surface area contributed by atoms with E-state index in [9.17, 15) is 0 Å². The van der Waals surface area contributed by atoms with Crippen LogP contribution >= 0.6 is 0 Å². The lowest BCUT2D eigenvalue weighted by Crippen LogP contribution is -2.37. The van der Waals surface area contributed by atoms with Crippen molar-refractivity contribution in [3.05, 3.63) is 36.4 Å². The van der Waals surface area contributed by atoms with Gasteiger partial charge >= 0.3 is 0 Å². The van der Waals surface area contributed by atoms with Crippen LogP contribution in [0.4, 0.5) is 23.8 Å². The monoisotopic (exact) mass is 708 g/mol. The number of ether oxygens (including phenoxy) is 2. The van der Waals surface area contributed by atoms with Crippen molar-refractivity contribution in [2.24, 2.45) is 0 Å². The fraction of sp³-hybridized carbons (Fsp3) is 0.471. The van der Waals surface area contributed by atoms with Crippen molar-refractivity contribution < 1.29 is 9.47 Å². The van der Waals surface area contributed by atoms with E-state index in [0.29, 0.717) is 38.3 Å². The van der Waals surface area contributed by atoms with E-state index in [2.05, 4.69) is 66.6 Å². The third-order valence-corrected chi connectivity index (χ3v) is 8.92. The average molecular weight is 709 g/mol. The summed E-state index contributed by atoms with van der Waals surface area (Å²) in [6, 6.07) is 0.478. The minimum Gasteiger partial charge on any atom is -0.378 e. The van der Waals surface area contributed by atoms with Crippen LogP contribution in [0.1, 0.15) is 51.4 Å². The molecule has 6 aromatic rings. The van der Waals surface area contributed by atoms with Crippen molar-refractivity contribution in [3.8, 4) is 22.5 Å². The Balaban J connectivity index is 0.000000162. The van der Waals surface area contributed by atoms with Gasteiger partial charge in [-0.1, -0.05) is 0 Å². The van der Waals surface area contributed by atoms with Gasteiger partial charge in [-0.15, -0.1) is 0 Å². The highest BCUT2D eigenvalue weighted by Gasteiger charge is 2.24. The second-order valence-electron chi connectivity index (χ2n) is 13.2. The van der Waals surface area contributed by atoms with E-state index in [-0.39, 0.29) is 24.0 Å². The number of aromatic nitrogens is 12. The highest BCUT2D eigenvalue weighted by molar-refractivity contribution is 5.89. The number of nitrogen functional groups attached to an aromatic ring is 2. The fourth-order valence-corrected chi connectivity index (χ4v) is 6.51. The van der Waals surface area contributed by atoms with Gasteiger partial charge < -0.3 is 39.9 Å². The van der Waals surface area contributed by atoms with Crippen molar-refractivity contribution in [3.63, 3.8) is 0 Å². The lowest BCUT2D eigenvalue weighted by molar-refractivity contribution is 0.122. The smallest absolute Gasteiger partial charge is 0.228 e. The highest BCUT2D eigenvalue weighted by atomic mass is 16.5. The molecule has 0 bridgehead atoms. The Bertz CT molecular complexity index is 2010. The maximum Gasteiger partial charge on any atom is 0.228 e. The third-order valence-electron chi connectivity index (χ3n) is 8.92. The van der Waals surface area contributed by atoms with E-state index in [0.717, 1.165) is 82.7 Å². The Labute approximate surface area is 300 Å². The van der Waals surface area contributed by atoms with Crippen molar-refractivity contribution in [2.45, 2.75) is 53.6 Å². The normalized spacial score (nSPS) is 15.2. The molecule has 0 saturated carbocycles. The SMILES string of the molecule is Cc1nc2c(-c3cnc(N)nc3)nc(N3CCOCC3)nc2n1C(C)C.Cc1nc2c(-c3cnc(N)nc3)nc(N3CCOCC3)nc2n1C(C)C. The summed E-state index contributed by atoms with van der Waals surface area (Å²) in [6.45, 7) is 18.2. The molecule has 8 rings (SSSR count). The van der Waals surface area contributed by atoms with Gasteiger partial charge in [-0.3, -0.25) is 0 Å². The van der Waals surface area contributed by atoms with Gasteiger partial charge in [0, 0.05) is 74.2 Å². The zero-order valence-electron chi connectivity index (χ0n) is 30.4. The van der Waals surface area contributed by atoms with E-state index < -0.39 is 0 Å². The second kappa shape index (κ2) is 14.5. The number of nitrogens with zero attached hydrogens (tertiary/aromatic N) is 14. The van der Waals surface area contributed by atoms with Gasteiger partial charge in [0.2, 0.25) is 23.8 Å². The van der Waals surface area contributed by atoms with Crippen molar-refractivity contribution in [1.29, 1.82) is 0 Å². The van der Waals surface area contributed by atoms with Crippen molar-refractivity contribution >= 4 is 46.1 Å². The van der Waals surface area contributed by atoms with E-state index in [1.807, 2.05) is 13.8 Å². The summed E-state index contributed by atoms with van der Waals surface area (Å²) in [5.74, 6) is 3.62. The minimum absolute atomic E-state index is 0.233. The first-order valence-corrected chi connectivity index (χ1v) is 17.4. The van der Waals surface area contributed by atoms with Crippen LogP contribution in [0.15, 0.2) is 24.8 Å². The predicted molar refractivity (Wildman–Crippen MR) is 198 cm³/mol. The van der Waals surface area contributed by atoms with Gasteiger partial charge in [0.15, 0.2) is 11.3 Å². The van der Waals surface area contributed by atoms with Crippen LogP contribution in [0.3, 0.4) is 0 Å². The fourth-order valence-electron chi connectivity index (χ4n) is 6.51. The van der Waals surface area contributed by atoms with Crippen LogP contribution in [0.5, 0.6) is 0 Å². The van der Waals surface area contributed by atoms with Gasteiger partial charge in [-0.05, 0) is 41.5 Å². The van der Waals surface area contributed by atoms with Crippen LogP contribution in [0.25, 0.3) is 44.8 Å². The Kier molecular flexibility index (Phi) is 9.74. The summed E-state index contributed by atoms with van der Waals surface area (Å²) in [7, 11) is 0. The molecule has 18 nitrogen and oxygen atoms in total. The lowest BCUT2D eigenvalue weighted by atomic mass is 10.2. The molecule has 2 aliphatic rings. The quantitative estimate of drug-likeness (QED) is 0.254. The number of morpholine rings is 2. The number of hydrogen-bond donors (Lipinski definition) is 2. The molecule has 52 heavy (non-hydrogen) atoms. The molecule has 0 atom stereocenters. The molecule has 18 heteroatoms. The largest absolute Gasteiger partial charge is 0.378 e. The number of rotatable bonds is 6. The molecule has 4 N–H and O–H groups in total. The van der Waals surface area contributed by atoms with Crippen LogP contribution in [-0.2, 0) is 9.47 Å². The van der Waals surface area contributed by atoms with Gasteiger partial charge in [0.05, 0.1) is 26.4 Å². The van der Waals surface area contributed by atoms with Gasteiger partial charge in [-0.2, -0.15) is 9.97 Å². The molecule has 0 aromatic carbocycles. The summed E-state index contributed by atoms with van der Waals surface area (Å²) in [6.07, 6.45) is 6.71. The summed E-state index contributed by atoms with van der Waals surface area (Å²) < 4.78 is 15.2. The predicted octanol–water partition coefficient (Wildman–Crippen LogP) is 3.18. The summed E-state index contributed by atoms with van der Waals surface area (Å²) in [4.78, 5) is 49.4. The topological polar surface area (TPSA) is 216 Å². The molecule has 0 spiro atoms. The first-order chi connectivity index (χ1) is 25.1. The minimum atomic E-state index is 0.233. The first-order valence-electron chi connectivity index (χ1n) is 17.4. The molecule has 272 valence electrons. The van der Waals surface area contributed by atoms with Gasteiger partial charge in [0.25, 0.3) is 0 Å².